The van der Waals surface area contributed by atoms with Crippen LogP contribution in [0.4, 0.5) is 0 Å². The van der Waals surface area contributed by atoms with Crippen LogP contribution in [0.25, 0.3) is 0 Å². The van der Waals surface area contributed by atoms with Gasteiger partial charge in [0.1, 0.15) is 0 Å². The number of thiazole rings is 1. The summed E-state index contributed by atoms with van der Waals surface area (Å²) < 4.78 is 0. The van der Waals surface area contributed by atoms with E-state index in [2.05, 4.69) is 16.8 Å². The van der Waals surface area contributed by atoms with Gasteiger partial charge in [-0.25, -0.2) is 9.78 Å². The van der Waals surface area contributed by atoms with Gasteiger partial charge in [0.05, 0.1) is 16.3 Å². The first-order valence-electron chi connectivity index (χ1n) is 6.61. The fraction of sp³-hybridized carbons (Fsp3) is 0.333. The number of carboxylic acids is 1. The number of carboxylic acid groups (broad SMARTS) is 1. The van der Waals surface area contributed by atoms with Crippen LogP contribution in [0.5, 0.6) is 0 Å². The fourth-order valence-corrected chi connectivity index (χ4v) is 3.55. The summed E-state index contributed by atoms with van der Waals surface area (Å²) in [5, 5.41) is 10.0. The van der Waals surface area contributed by atoms with E-state index < -0.39 is 5.97 Å². The molecule has 0 bridgehead atoms. The van der Waals surface area contributed by atoms with Crippen LogP contribution in [-0.2, 0) is 19.5 Å². The van der Waals surface area contributed by atoms with E-state index in [1.54, 1.807) is 23.5 Å². The van der Waals surface area contributed by atoms with E-state index in [0.29, 0.717) is 5.56 Å². The van der Waals surface area contributed by atoms with Crippen molar-refractivity contribution in [1.29, 1.82) is 0 Å². The second kappa shape index (κ2) is 5.34. The number of aryl methyl sites for hydroxylation is 1. The molecule has 1 aromatic carbocycles. The van der Waals surface area contributed by atoms with E-state index >= 15 is 0 Å². The summed E-state index contributed by atoms with van der Waals surface area (Å²) in [5.41, 5.74) is 2.75. The predicted octanol–water partition coefficient (Wildman–Crippen LogP) is 2.71. The van der Waals surface area contributed by atoms with Gasteiger partial charge in [0.15, 0.2) is 0 Å². The Hall–Kier alpha value is -1.72. The Balaban J connectivity index is 1.68. The first-order chi connectivity index (χ1) is 9.61. The zero-order chi connectivity index (χ0) is 14.1. The Kier molecular flexibility index (Phi) is 3.54. The summed E-state index contributed by atoms with van der Waals surface area (Å²) in [5.74, 6) is -0.876. The van der Waals surface area contributed by atoms with Crippen molar-refractivity contribution in [3.8, 4) is 0 Å². The third kappa shape index (κ3) is 2.73. The highest BCUT2D eigenvalue weighted by molar-refractivity contribution is 7.11. The highest BCUT2D eigenvalue weighted by Gasteiger charge is 2.19. The molecule has 2 aromatic rings. The van der Waals surface area contributed by atoms with Crippen molar-refractivity contribution < 1.29 is 9.90 Å². The molecule has 0 spiro atoms. The summed E-state index contributed by atoms with van der Waals surface area (Å²) in [6.45, 7) is 4.87. The summed E-state index contributed by atoms with van der Waals surface area (Å²) in [6, 6.07) is 7.14. The second-order valence-electron chi connectivity index (χ2n) is 5.07. The highest BCUT2D eigenvalue weighted by atomic mass is 32.1. The highest BCUT2D eigenvalue weighted by Crippen LogP contribution is 2.25. The number of benzene rings is 1. The number of aromatic nitrogens is 1. The SMILES string of the molecule is Cc1nc2c(s1)CN(Cc1ccc(C(=O)O)cc1)CC2. The molecule has 0 atom stereocenters. The second-order valence-corrected chi connectivity index (χ2v) is 6.35. The van der Waals surface area contributed by atoms with Gasteiger partial charge in [0.25, 0.3) is 0 Å². The summed E-state index contributed by atoms with van der Waals surface area (Å²) in [6.07, 6.45) is 1.01. The lowest BCUT2D eigenvalue weighted by atomic mass is 10.1. The molecule has 2 heterocycles. The van der Waals surface area contributed by atoms with Crippen LogP contribution < -0.4 is 0 Å². The lowest BCUT2D eigenvalue weighted by Gasteiger charge is -2.25. The number of hydrogen-bond donors (Lipinski definition) is 1. The van der Waals surface area contributed by atoms with Gasteiger partial charge in [0.2, 0.25) is 0 Å². The molecule has 0 amide bonds. The molecule has 0 aliphatic carbocycles. The van der Waals surface area contributed by atoms with Crippen LogP contribution in [0.1, 0.15) is 31.5 Å². The van der Waals surface area contributed by atoms with Crippen LogP contribution in [0.3, 0.4) is 0 Å². The maximum atomic E-state index is 10.8. The summed E-state index contributed by atoms with van der Waals surface area (Å²) >= 11 is 1.78. The number of fused-ring (bicyclic) bond motifs is 1. The molecule has 5 heteroatoms. The quantitative estimate of drug-likeness (QED) is 0.943. The van der Waals surface area contributed by atoms with E-state index in [9.17, 15) is 4.79 Å². The molecule has 1 aliphatic rings. The van der Waals surface area contributed by atoms with E-state index in [1.165, 1.54) is 10.6 Å². The minimum absolute atomic E-state index is 0.341. The molecule has 0 fully saturated rings. The molecule has 20 heavy (non-hydrogen) atoms. The van der Waals surface area contributed by atoms with Gasteiger partial charge in [-0.05, 0) is 24.6 Å². The molecule has 1 N–H and O–H groups in total. The lowest BCUT2D eigenvalue weighted by molar-refractivity contribution is 0.0697. The first-order valence-corrected chi connectivity index (χ1v) is 7.43. The normalized spacial score (nSPS) is 15.1. The van der Waals surface area contributed by atoms with Crippen LogP contribution >= 0.6 is 11.3 Å². The largest absolute Gasteiger partial charge is 0.478 e. The van der Waals surface area contributed by atoms with E-state index in [4.69, 9.17) is 5.11 Å². The minimum atomic E-state index is -0.876. The smallest absolute Gasteiger partial charge is 0.335 e. The zero-order valence-electron chi connectivity index (χ0n) is 11.3. The van der Waals surface area contributed by atoms with Crippen molar-refractivity contribution in [1.82, 2.24) is 9.88 Å². The predicted molar refractivity (Wildman–Crippen MR) is 78.1 cm³/mol. The number of hydrogen-bond acceptors (Lipinski definition) is 4. The van der Waals surface area contributed by atoms with Gasteiger partial charge in [-0.2, -0.15) is 0 Å². The van der Waals surface area contributed by atoms with Crippen molar-refractivity contribution in [2.24, 2.45) is 0 Å². The van der Waals surface area contributed by atoms with Gasteiger partial charge in [-0.3, -0.25) is 4.90 Å². The Bertz CT molecular complexity index is 634. The van der Waals surface area contributed by atoms with Gasteiger partial charge < -0.3 is 5.11 Å². The van der Waals surface area contributed by atoms with Crippen LogP contribution in [-0.4, -0.2) is 27.5 Å². The van der Waals surface area contributed by atoms with Gasteiger partial charge >= 0.3 is 5.97 Å². The van der Waals surface area contributed by atoms with Crippen molar-refractivity contribution in [2.45, 2.75) is 26.4 Å². The van der Waals surface area contributed by atoms with Gasteiger partial charge in [0, 0.05) is 30.9 Å². The Labute approximate surface area is 121 Å². The standard InChI is InChI=1S/C15H16N2O2S/c1-10-16-13-6-7-17(9-14(13)20-10)8-11-2-4-12(5-3-11)15(18)19/h2-5H,6-9H2,1H3,(H,18,19). The van der Waals surface area contributed by atoms with E-state index in [-0.39, 0.29) is 0 Å². The molecular weight excluding hydrogens is 272 g/mol. The molecule has 3 rings (SSSR count). The van der Waals surface area contributed by atoms with E-state index in [1.807, 2.05) is 12.1 Å². The Morgan fingerprint density at radius 2 is 2.15 bits per heavy atom. The molecule has 0 saturated heterocycles. The molecule has 104 valence electrons. The van der Waals surface area contributed by atoms with Crippen molar-refractivity contribution in [2.75, 3.05) is 6.54 Å². The maximum absolute atomic E-state index is 10.8. The van der Waals surface area contributed by atoms with E-state index in [0.717, 1.165) is 36.6 Å². The number of nitrogens with zero attached hydrogens (tertiary/aromatic N) is 2. The average Bonchev–Trinajstić information content (AvgIpc) is 2.78. The number of carbonyl (C=O) groups is 1. The topological polar surface area (TPSA) is 53.4 Å². The summed E-state index contributed by atoms with van der Waals surface area (Å²) in [7, 11) is 0. The monoisotopic (exact) mass is 288 g/mol. The van der Waals surface area contributed by atoms with Crippen LogP contribution in [0.2, 0.25) is 0 Å². The van der Waals surface area contributed by atoms with Crippen LogP contribution in [0.15, 0.2) is 24.3 Å². The molecule has 4 nitrogen and oxygen atoms in total. The maximum Gasteiger partial charge on any atom is 0.335 e. The minimum Gasteiger partial charge on any atom is -0.478 e. The molecule has 1 aliphatic heterocycles. The Morgan fingerprint density at radius 3 is 2.85 bits per heavy atom. The zero-order valence-corrected chi connectivity index (χ0v) is 12.1. The molecule has 1 aromatic heterocycles. The third-order valence-corrected chi connectivity index (χ3v) is 4.52. The molecule has 0 saturated carbocycles. The first kappa shape index (κ1) is 13.3. The van der Waals surface area contributed by atoms with Gasteiger partial charge in [-0.15, -0.1) is 11.3 Å². The third-order valence-electron chi connectivity index (χ3n) is 3.52. The van der Waals surface area contributed by atoms with Crippen LogP contribution in [0, 0.1) is 6.92 Å². The Morgan fingerprint density at radius 1 is 1.40 bits per heavy atom. The van der Waals surface area contributed by atoms with Crippen molar-refractivity contribution >= 4 is 17.3 Å². The van der Waals surface area contributed by atoms with Gasteiger partial charge in [-0.1, -0.05) is 12.1 Å². The molecular formula is C15H16N2O2S. The van der Waals surface area contributed by atoms with Crippen molar-refractivity contribution in [3.63, 3.8) is 0 Å². The average molecular weight is 288 g/mol. The number of rotatable bonds is 3. The summed E-state index contributed by atoms with van der Waals surface area (Å²) in [4.78, 5) is 19.1. The molecule has 0 unspecified atom stereocenters. The fourth-order valence-electron chi connectivity index (χ4n) is 2.52. The molecule has 0 radical (unpaired) electrons. The van der Waals surface area contributed by atoms with Crippen molar-refractivity contribution in [3.05, 3.63) is 51.0 Å². The lowest BCUT2D eigenvalue weighted by Crippen LogP contribution is -2.29. The number of aromatic carboxylic acids is 1.